The lowest BCUT2D eigenvalue weighted by Gasteiger charge is -2.12. The molecule has 22 heavy (non-hydrogen) atoms. The number of benzene rings is 2. The summed E-state index contributed by atoms with van der Waals surface area (Å²) in [6.45, 7) is 0. The molecule has 114 valence electrons. The second-order valence-electron chi connectivity index (χ2n) is 4.43. The Labute approximate surface area is 132 Å². The number of carbonyl (C=O) groups is 2. The number of anilines is 1. The Balaban J connectivity index is 2.36. The molecule has 0 saturated carbocycles. The summed E-state index contributed by atoms with van der Waals surface area (Å²) in [5.41, 5.74) is 6.47. The van der Waals surface area contributed by atoms with Crippen molar-refractivity contribution in [3.63, 3.8) is 0 Å². The van der Waals surface area contributed by atoms with Gasteiger partial charge < -0.3 is 15.8 Å². The number of hydrogen-bond donors (Lipinski definition) is 2. The normalized spacial score (nSPS) is 10.1. The van der Waals surface area contributed by atoms with Gasteiger partial charge in [0.1, 0.15) is 5.75 Å². The highest BCUT2D eigenvalue weighted by Gasteiger charge is 2.16. The number of primary amides is 1. The number of thioether (sulfide) groups is 1. The molecule has 2 aromatic rings. The lowest BCUT2D eigenvalue weighted by molar-refractivity contribution is 0.1000. The molecule has 5 nitrogen and oxygen atoms in total. The van der Waals surface area contributed by atoms with Crippen LogP contribution in [0.15, 0.2) is 47.4 Å². The number of methoxy groups -OCH3 is 1. The molecule has 2 rings (SSSR count). The lowest BCUT2D eigenvalue weighted by atomic mass is 10.1. The molecule has 0 bridgehead atoms. The predicted octanol–water partition coefficient (Wildman–Crippen LogP) is 2.77. The zero-order valence-corrected chi connectivity index (χ0v) is 13.1. The van der Waals surface area contributed by atoms with Crippen LogP contribution >= 0.6 is 11.8 Å². The van der Waals surface area contributed by atoms with Gasteiger partial charge >= 0.3 is 0 Å². The zero-order chi connectivity index (χ0) is 16.1. The summed E-state index contributed by atoms with van der Waals surface area (Å²) in [6, 6.07) is 12.0. The molecule has 0 aliphatic rings. The third-order valence-electron chi connectivity index (χ3n) is 3.08. The lowest BCUT2D eigenvalue weighted by Crippen LogP contribution is -2.16. The van der Waals surface area contributed by atoms with Crippen LogP contribution in [-0.2, 0) is 0 Å². The minimum atomic E-state index is -0.596. The van der Waals surface area contributed by atoms with Gasteiger partial charge in [0, 0.05) is 10.5 Å². The molecule has 0 fully saturated rings. The predicted molar refractivity (Wildman–Crippen MR) is 87.7 cm³/mol. The molecule has 0 radical (unpaired) electrons. The second-order valence-corrected chi connectivity index (χ2v) is 5.28. The Bertz CT molecular complexity index is 716. The molecule has 0 aliphatic carbocycles. The van der Waals surface area contributed by atoms with E-state index >= 15 is 0 Å². The SMILES string of the molecule is COc1ccc(C(N)=O)cc1C(=O)Nc1ccccc1SC. The Morgan fingerprint density at radius 3 is 2.55 bits per heavy atom. The third-order valence-corrected chi connectivity index (χ3v) is 3.88. The van der Waals surface area contributed by atoms with Crippen LogP contribution in [0.4, 0.5) is 5.69 Å². The molecule has 3 N–H and O–H groups in total. The van der Waals surface area contributed by atoms with Crippen LogP contribution < -0.4 is 15.8 Å². The van der Waals surface area contributed by atoms with Crippen LogP contribution in [0.2, 0.25) is 0 Å². The number of amides is 2. The van der Waals surface area contributed by atoms with Gasteiger partial charge in [-0.2, -0.15) is 0 Å². The molecule has 2 amide bonds. The van der Waals surface area contributed by atoms with E-state index in [-0.39, 0.29) is 17.0 Å². The van der Waals surface area contributed by atoms with Gasteiger partial charge in [0.2, 0.25) is 5.91 Å². The molecule has 0 aromatic heterocycles. The maximum absolute atomic E-state index is 12.5. The van der Waals surface area contributed by atoms with Gasteiger partial charge in [-0.05, 0) is 36.6 Å². The van der Waals surface area contributed by atoms with Crippen molar-refractivity contribution in [2.75, 3.05) is 18.7 Å². The largest absolute Gasteiger partial charge is 0.496 e. The summed E-state index contributed by atoms with van der Waals surface area (Å²) in [6.07, 6.45) is 1.93. The van der Waals surface area contributed by atoms with E-state index in [1.54, 1.807) is 6.07 Å². The van der Waals surface area contributed by atoms with Crippen LogP contribution in [0.25, 0.3) is 0 Å². The van der Waals surface area contributed by atoms with Crippen LogP contribution in [0, 0.1) is 0 Å². The molecule has 0 unspecified atom stereocenters. The highest BCUT2D eigenvalue weighted by Crippen LogP contribution is 2.27. The van der Waals surface area contributed by atoms with Crippen molar-refractivity contribution in [1.29, 1.82) is 0 Å². The van der Waals surface area contributed by atoms with E-state index in [0.717, 1.165) is 4.90 Å². The van der Waals surface area contributed by atoms with E-state index in [0.29, 0.717) is 11.4 Å². The summed E-state index contributed by atoms with van der Waals surface area (Å²) >= 11 is 1.53. The molecule has 0 aliphatic heterocycles. The van der Waals surface area contributed by atoms with E-state index in [1.165, 1.54) is 31.0 Å². The number of carbonyl (C=O) groups excluding carboxylic acids is 2. The van der Waals surface area contributed by atoms with Crippen molar-refractivity contribution in [1.82, 2.24) is 0 Å². The molecular formula is C16H16N2O3S. The Morgan fingerprint density at radius 1 is 1.18 bits per heavy atom. The van der Waals surface area contributed by atoms with Gasteiger partial charge in [-0.1, -0.05) is 12.1 Å². The minimum Gasteiger partial charge on any atom is -0.496 e. The maximum atomic E-state index is 12.5. The summed E-state index contributed by atoms with van der Waals surface area (Å²) < 4.78 is 5.18. The molecular weight excluding hydrogens is 300 g/mol. The fraction of sp³-hybridized carbons (Fsp3) is 0.125. The van der Waals surface area contributed by atoms with E-state index in [1.807, 2.05) is 30.5 Å². The standard InChI is InChI=1S/C16H16N2O3S/c1-21-13-8-7-10(15(17)19)9-11(13)16(20)18-12-5-3-4-6-14(12)22-2/h3-9H,1-2H3,(H2,17,19)(H,18,20). The molecule has 0 saturated heterocycles. The quantitative estimate of drug-likeness (QED) is 0.831. The topological polar surface area (TPSA) is 81.4 Å². The summed E-state index contributed by atoms with van der Waals surface area (Å²) in [5, 5.41) is 2.83. The first-order chi connectivity index (χ1) is 10.6. The van der Waals surface area contributed by atoms with E-state index in [4.69, 9.17) is 10.5 Å². The Morgan fingerprint density at radius 2 is 1.91 bits per heavy atom. The molecule has 2 aromatic carbocycles. The van der Waals surface area contributed by atoms with Gasteiger partial charge in [-0.15, -0.1) is 11.8 Å². The summed E-state index contributed by atoms with van der Waals surface area (Å²) in [7, 11) is 1.46. The maximum Gasteiger partial charge on any atom is 0.259 e. The van der Waals surface area contributed by atoms with Gasteiger partial charge in [-0.25, -0.2) is 0 Å². The summed E-state index contributed by atoms with van der Waals surface area (Å²) in [4.78, 5) is 24.7. The minimum absolute atomic E-state index is 0.254. The third kappa shape index (κ3) is 3.40. The molecule has 0 spiro atoms. The van der Waals surface area contributed by atoms with Crippen molar-refractivity contribution < 1.29 is 14.3 Å². The number of nitrogens with one attached hydrogen (secondary N) is 1. The highest BCUT2D eigenvalue weighted by atomic mass is 32.2. The Kier molecular flexibility index (Phi) is 5.06. The fourth-order valence-electron chi connectivity index (χ4n) is 1.98. The van der Waals surface area contributed by atoms with Crippen LogP contribution in [-0.4, -0.2) is 25.2 Å². The number of ether oxygens (including phenoxy) is 1. The first-order valence-electron chi connectivity index (χ1n) is 6.49. The monoisotopic (exact) mass is 316 g/mol. The van der Waals surface area contributed by atoms with Gasteiger partial charge in [0.25, 0.3) is 5.91 Å². The fourth-order valence-corrected chi connectivity index (χ4v) is 2.53. The zero-order valence-electron chi connectivity index (χ0n) is 12.3. The van der Waals surface area contributed by atoms with Crippen LogP contribution in [0.3, 0.4) is 0 Å². The van der Waals surface area contributed by atoms with Gasteiger partial charge in [0.05, 0.1) is 18.4 Å². The van der Waals surface area contributed by atoms with Crippen LogP contribution in [0.5, 0.6) is 5.75 Å². The van der Waals surface area contributed by atoms with Crippen LogP contribution in [0.1, 0.15) is 20.7 Å². The van der Waals surface area contributed by atoms with Crippen molar-refractivity contribution in [2.45, 2.75) is 4.90 Å². The number of hydrogen-bond acceptors (Lipinski definition) is 4. The van der Waals surface area contributed by atoms with E-state index < -0.39 is 5.91 Å². The van der Waals surface area contributed by atoms with Crippen molar-refractivity contribution >= 4 is 29.3 Å². The van der Waals surface area contributed by atoms with Crippen molar-refractivity contribution in [3.8, 4) is 5.75 Å². The van der Waals surface area contributed by atoms with Crippen molar-refractivity contribution in [3.05, 3.63) is 53.6 Å². The average molecular weight is 316 g/mol. The molecule has 0 heterocycles. The molecule has 0 atom stereocenters. The number of nitrogens with two attached hydrogens (primary N) is 1. The smallest absolute Gasteiger partial charge is 0.259 e. The van der Waals surface area contributed by atoms with E-state index in [9.17, 15) is 9.59 Å². The summed E-state index contributed by atoms with van der Waals surface area (Å²) in [5.74, 6) is -0.577. The van der Waals surface area contributed by atoms with E-state index in [2.05, 4.69) is 5.32 Å². The Hall–Kier alpha value is -2.47. The second kappa shape index (κ2) is 7.00. The van der Waals surface area contributed by atoms with Crippen molar-refractivity contribution in [2.24, 2.45) is 5.73 Å². The first-order valence-corrected chi connectivity index (χ1v) is 7.71. The number of para-hydroxylation sites is 1. The van der Waals surface area contributed by atoms with Gasteiger partial charge in [-0.3, -0.25) is 9.59 Å². The first kappa shape index (κ1) is 15.9. The molecule has 6 heteroatoms. The van der Waals surface area contributed by atoms with Gasteiger partial charge in [0.15, 0.2) is 0 Å². The highest BCUT2D eigenvalue weighted by molar-refractivity contribution is 7.98. The number of rotatable bonds is 5. The average Bonchev–Trinajstić information content (AvgIpc) is 2.54.